The van der Waals surface area contributed by atoms with Crippen LogP contribution >= 0.6 is 0 Å². The predicted molar refractivity (Wildman–Crippen MR) is 64.2 cm³/mol. The van der Waals surface area contributed by atoms with E-state index in [0.717, 1.165) is 24.3 Å². The summed E-state index contributed by atoms with van der Waals surface area (Å²) >= 11 is 0. The molecule has 1 aromatic carbocycles. The van der Waals surface area contributed by atoms with E-state index < -0.39 is 10.8 Å². The minimum Gasteiger partial charge on any atom is -0.309 e. The molecular weight excluding hydrogens is 225 g/mol. The van der Waals surface area contributed by atoms with Crippen molar-refractivity contribution in [2.24, 2.45) is 0 Å². The van der Waals surface area contributed by atoms with Gasteiger partial charge in [-0.05, 0) is 37.6 Å². The third kappa shape index (κ3) is 2.50. The minimum absolute atomic E-state index is 0.000895. The van der Waals surface area contributed by atoms with Crippen molar-refractivity contribution in [3.8, 4) is 0 Å². The molecule has 1 aliphatic heterocycles. The largest absolute Gasteiger partial charge is 0.309 e. The summed E-state index contributed by atoms with van der Waals surface area (Å²) in [6.07, 6.45) is 0.919. The van der Waals surface area contributed by atoms with Crippen molar-refractivity contribution in [3.63, 3.8) is 0 Å². The van der Waals surface area contributed by atoms with Gasteiger partial charge in [-0.25, -0.2) is 4.39 Å². The zero-order chi connectivity index (χ0) is 11.5. The quantitative estimate of drug-likeness (QED) is 0.814. The number of hydrogen-bond acceptors (Lipinski definition) is 2. The molecule has 4 heteroatoms. The summed E-state index contributed by atoms with van der Waals surface area (Å²) in [6.45, 7) is 2.81. The van der Waals surface area contributed by atoms with E-state index in [-0.39, 0.29) is 17.1 Å². The first-order valence-corrected chi connectivity index (χ1v) is 6.93. The van der Waals surface area contributed by atoms with E-state index in [0.29, 0.717) is 0 Å². The maximum atomic E-state index is 13.1. The highest BCUT2D eigenvalue weighted by Crippen LogP contribution is 2.23. The Balaban J connectivity index is 2.27. The molecule has 0 aromatic heterocycles. The van der Waals surface area contributed by atoms with Crippen molar-refractivity contribution in [2.75, 3.05) is 12.3 Å². The van der Waals surface area contributed by atoms with Crippen LogP contribution in [0.1, 0.15) is 24.9 Å². The predicted octanol–water partition coefficient (Wildman–Crippen LogP) is 2.00. The molecule has 1 heterocycles. The molecule has 0 bridgehead atoms. The monoisotopic (exact) mass is 241 g/mol. The van der Waals surface area contributed by atoms with E-state index in [9.17, 15) is 8.60 Å². The lowest BCUT2D eigenvalue weighted by Crippen LogP contribution is -2.30. The normalized spacial score (nSPS) is 31.0. The zero-order valence-electron chi connectivity index (χ0n) is 9.28. The molecular formula is C12H16FNOS. The third-order valence-corrected chi connectivity index (χ3v) is 4.77. The molecule has 3 atom stereocenters. The lowest BCUT2D eigenvalue weighted by Gasteiger charge is -2.22. The van der Waals surface area contributed by atoms with Crippen LogP contribution in [-0.4, -0.2) is 21.8 Å². The van der Waals surface area contributed by atoms with Crippen LogP contribution in [0.5, 0.6) is 0 Å². The fourth-order valence-corrected chi connectivity index (χ4v) is 3.42. The Morgan fingerprint density at radius 3 is 3.06 bits per heavy atom. The van der Waals surface area contributed by atoms with Crippen molar-refractivity contribution in [1.82, 2.24) is 5.32 Å². The number of benzene rings is 1. The third-order valence-electron chi connectivity index (χ3n) is 2.98. The van der Waals surface area contributed by atoms with Gasteiger partial charge in [-0.3, -0.25) is 4.21 Å². The van der Waals surface area contributed by atoms with Gasteiger partial charge in [0.15, 0.2) is 0 Å². The maximum absolute atomic E-state index is 13.1. The van der Waals surface area contributed by atoms with Crippen LogP contribution in [0.2, 0.25) is 0 Å². The summed E-state index contributed by atoms with van der Waals surface area (Å²) in [5.41, 5.74) is 0.891. The maximum Gasteiger partial charge on any atom is 0.123 e. The van der Waals surface area contributed by atoms with Crippen LogP contribution in [-0.2, 0) is 10.8 Å². The molecule has 1 fully saturated rings. The molecule has 1 saturated heterocycles. The second-order valence-corrected chi connectivity index (χ2v) is 6.04. The van der Waals surface area contributed by atoms with Crippen molar-refractivity contribution in [3.05, 3.63) is 35.6 Å². The van der Waals surface area contributed by atoms with Crippen LogP contribution in [0.15, 0.2) is 24.3 Å². The van der Waals surface area contributed by atoms with E-state index in [1.165, 1.54) is 12.1 Å². The second kappa shape index (κ2) is 5.06. The minimum atomic E-state index is -0.824. The van der Waals surface area contributed by atoms with Gasteiger partial charge >= 0.3 is 0 Å². The van der Waals surface area contributed by atoms with Gasteiger partial charge in [0.05, 0.1) is 5.25 Å². The Labute approximate surface area is 97.7 Å². The average molecular weight is 241 g/mol. The summed E-state index contributed by atoms with van der Waals surface area (Å²) in [6, 6.07) is 6.55. The van der Waals surface area contributed by atoms with Gasteiger partial charge in [-0.2, -0.15) is 0 Å². The molecule has 1 aromatic rings. The number of halogens is 1. The van der Waals surface area contributed by atoms with Crippen LogP contribution in [0, 0.1) is 5.82 Å². The first-order valence-electron chi connectivity index (χ1n) is 5.54. The van der Waals surface area contributed by atoms with Crippen LogP contribution in [0.25, 0.3) is 0 Å². The van der Waals surface area contributed by atoms with Crippen molar-refractivity contribution >= 4 is 10.8 Å². The van der Waals surface area contributed by atoms with E-state index >= 15 is 0 Å². The summed E-state index contributed by atoms with van der Waals surface area (Å²) in [4.78, 5) is 0. The Hall–Kier alpha value is -0.740. The smallest absolute Gasteiger partial charge is 0.123 e. The molecule has 1 N–H and O–H groups in total. The Morgan fingerprint density at radius 1 is 1.50 bits per heavy atom. The van der Waals surface area contributed by atoms with Gasteiger partial charge in [0.2, 0.25) is 0 Å². The van der Waals surface area contributed by atoms with Crippen LogP contribution < -0.4 is 5.32 Å². The van der Waals surface area contributed by atoms with E-state index in [1.807, 2.05) is 13.0 Å². The number of rotatable bonds is 1. The van der Waals surface area contributed by atoms with Crippen molar-refractivity contribution in [1.29, 1.82) is 0 Å². The van der Waals surface area contributed by atoms with Gasteiger partial charge in [-0.15, -0.1) is 0 Å². The molecule has 16 heavy (non-hydrogen) atoms. The molecule has 2 nitrogen and oxygen atoms in total. The summed E-state index contributed by atoms with van der Waals surface area (Å²) < 4.78 is 25.0. The van der Waals surface area contributed by atoms with Gasteiger partial charge < -0.3 is 5.32 Å². The van der Waals surface area contributed by atoms with Crippen LogP contribution in [0.4, 0.5) is 4.39 Å². The molecule has 1 aliphatic rings. The average Bonchev–Trinajstić information content (AvgIpc) is 2.42. The molecule has 0 amide bonds. The molecule has 0 saturated carbocycles. The highest BCUT2D eigenvalue weighted by molar-refractivity contribution is 7.85. The fourth-order valence-electron chi connectivity index (χ4n) is 2.06. The summed E-state index contributed by atoms with van der Waals surface area (Å²) in [5.74, 6) is 0.501. The summed E-state index contributed by atoms with van der Waals surface area (Å²) in [7, 11) is -0.824. The fraction of sp³-hybridized carbons (Fsp3) is 0.500. The van der Waals surface area contributed by atoms with E-state index in [4.69, 9.17) is 0 Å². The highest BCUT2D eigenvalue weighted by atomic mass is 32.2. The molecule has 0 aliphatic carbocycles. The molecule has 3 unspecified atom stereocenters. The standard InChI is InChI=1S/C12H16FNOS/c1-9-12(14-6-3-7-16(9)15)10-4-2-5-11(13)8-10/h2,4-5,8-9,12,14H,3,6-7H2,1H3. The number of nitrogens with one attached hydrogen (secondary N) is 1. The lowest BCUT2D eigenvalue weighted by molar-refractivity contribution is 0.529. The van der Waals surface area contributed by atoms with Gasteiger partial charge in [0.1, 0.15) is 5.82 Å². The molecule has 0 spiro atoms. The molecule has 2 rings (SSSR count). The zero-order valence-corrected chi connectivity index (χ0v) is 10.1. The highest BCUT2D eigenvalue weighted by Gasteiger charge is 2.26. The van der Waals surface area contributed by atoms with Gasteiger partial charge in [0.25, 0.3) is 0 Å². The number of hydrogen-bond donors (Lipinski definition) is 1. The Kier molecular flexibility index (Phi) is 3.71. The van der Waals surface area contributed by atoms with Crippen molar-refractivity contribution < 1.29 is 8.60 Å². The van der Waals surface area contributed by atoms with Crippen molar-refractivity contribution in [2.45, 2.75) is 24.6 Å². The molecule has 0 radical (unpaired) electrons. The topological polar surface area (TPSA) is 29.1 Å². The first-order chi connectivity index (χ1) is 7.68. The second-order valence-electron chi connectivity index (χ2n) is 4.13. The lowest BCUT2D eigenvalue weighted by atomic mass is 10.0. The van der Waals surface area contributed by atoms with Gasteiger partial charge in [-0.1, -0.05) is 12.1 Å². The van der Waals surface area contributed by atoms with Crippen LogP contribution in [0.3, 0.4) is 0 Å². The Morgan fingerprint density at radius 2 is 2.31 bits per heavy atom. The Bertz CT molecular complexity index is 396. The first kappa shape index (κ1) is 11.7. The summed E-state index contributed by atoms with van der Waals surface area (Å²) in [5, 5.41) is 3.38. The van der Waals surface area contributed by atoms with E-state index in [1.54, 1.807) is 6.07 Å². The SMILES string of the molecule is CC1C(c2cccc(F)c2)NCCCS1=O. The van der Waals surface area contributed by atoms with E-state index in [2.05, 4.69) is 5.32 Å². The van der Waals surface area contributed by atoms with Gasteiger partial charge in [0, 0.05) is 22.6 Å². The molecule has 88 valence electrons.